The molecule has 0 spiro atoms. The Balaban J connectivity index is 2.09. The summed E-state index contributed by atoms with van der Waals surface area (Å²) in [6.07, 6.45) is 1.80. The van der Waals surface area contributed by atoms with Crippen LogP contribution in [0.3, 0.4) is 0 Å². The van der Waals surface area contributed by atoms with E-state index in [1.807, 2.05) is 36.2 Å². The van der Waals surface area contributed by atoms with Crippen molar-refractivity contribution in [2.75, 3.05) is 7.05 Å². The van der Waals surface area contributed by atoms with Crippen molar-refractivity contribution in [3.05, 3.63) is 70.8 Å². The van der Waals surface area contributed by atoms with Gasteiger partial charge >= 0.3 is 0 Å². The molecule has 2 N–H and O–H groups in total. The molecule has 2 rings (SSSR count). The maximum atomic E-state index is 12.7. The Hall–Kier alpha value is -2.13. The fourth-order valence-corrected chi connectivity index (χ4v) is 2.70. The number of amides is 1. The first kappa shape index (κ1) is 17.2. The Labute approximate surface area is 139 Å². The van der Waals surface area contributed by atoms with Gasteiger partial charge in [-0.05, 0) is 43.0 Å². The number of hydrogen-bond donors (Lipinski definition) is 1. The molecule has 0 aliphatic rings. The number of rotatable bonds is 6. The molecule has 0 unspecified atom stereocenters. The molecular weight excluding hydrogens is 284 g/mol. The summed E-state index contributed by atoms with van der Waals surface area (Å²) in [5.74, 6) is 0.0625. The van der Waals surface area contributed by atoms with Crippen LogP contribution in [0.2, 0.25) is 0 Å². The van der Waals surface area contributed by atoms with Gasteiger partial charge in [0.25, 0.3) is 5.91 Å². The van der Waals surface area contributed by atoms with Gasteiger partial charge in [-0.3, -0.25) is 4.79 Å². The van der Waals surface area contributed by atoms with Gasteiger partial charge in [-0.15, -0.1) is 0 Å². The second kappa shape index (κ2) is 7.93. The fraction of sp³-hybridized carbons (Fsp3) is 0.350. The van der Waals surface area contributed by atoms with Gasteiger partial charge in [0, 0.05) is 25.2 Å². The average molecular weight is 310 g/mol. The van der Waals surface area contributed by atoms with E-state index in [0.717, 1.165) is 18.4 Å². The van der Waals surface area contributed by atoms with Gasteiger partial charge < -0.3 is 10.6 Å². The number of hydrogen-bond acceptors (Lipinski definition) is 2. The van der Waals surface area contributed by atoms with Crippen LogP contribution in [0.25, 0.3) is 0 Å². The third-order valence-electron chi connectivity index (χ3n) is 4.37. The smallest absolute Gasteiger partial charge is 0.253 e. The first-order chi connectivity index (χ1) is 11.0. The Morgan fingerprint density at radius 1 is 1.04 bits per heavy atom. The van der Waals surface area contributed by atoms with E-state index in [2.05, 4.69) is 38.1 Å². The highest BCUT2D eigenvalue weighted by molar-refractivity contribution is 5.94. The van der Waals surface area contributed by atoms with E-state index in [9.17, 15) is 4.79 Å². The maximum absolute atomic E-state index is 12.7. The quantitative estimate of drug-likeness (QED) is 0.887. The van der Waals surface area contributed by atoms with Crippen LogP contribution < -0.4 is 5.73 Å². The lowest BCUT2D eigenvalue weighted by Crippen LogP contribution is -2.38. The summed E-state index contributed by atoms with van der Waals surface area (Å²) in [6, 6.07) is 16.3. The van der Waals surface area contributed by atoms with Crippen LogP contribution >= 0.6 is 0 Å². The molecule has 0 saturated carbocycles. The van der Waals surface area contributed by atoms with Crippen LogP contribution in [0.4, 0.5) is 0 Å². The minimum atomic E-state index is 0.0625. The van der Waals surface area contributed by atoms with Gasteiger partial charge in [-0.2, -0.15) is 0 Å². The van der Waals surface area contributed by atoms with Crippen LogP contribution in [-0.2, 0) is 13.0 Å². The molecule has 0 heterocycles. The normalized spacial score (nSPS) is 12.0. The molecule has 0 radical (unpaired) electrons. The van der Waals surface area contributed by atoms with Crippen LogP contribution in [0.1, 0.15) is 40.4 Å². The predicted octanol–water partition coefficient (Wildman–Crippen LogP) is 3.55. The summed E-state index contributed by atoms with van der Waals surface area (Å²) >= 11 is 0. The van der Waals surface area contributed by atoms with Crippen molar-refractivity contribution in [2.24, 2.45) is 5.73 Å². The van der Waals surface area contributed by atoms with E-state index in [1.54, 1.807) is 0 Å². The lowest BCUT2D eigenvalue weighted by atomic mass is 10.0. The van der Waals surface area contributed by atoms with Gasteiger partial charge in [-0.25, -0.2) is 0 Å². The molecule has 0 saturated heterocycles. The second-order valence-corrected chi connectivity index (χ2v) is 6.07. The number of likely N-dealkylation sites (N-methyl/N-ethyl adjacent to an activating group) is 1. The molecule has 1 amide bonds. The molecule has 0 aliphatic carbocycles. The van der Waals surface area contributed by atoms with Crippen LogP contribution in [0.5, 0.6) is 0 Å². The minimum Gasteiger partial charge on any atom is -0.338 e. The van der Waals surface area contributed by atoms with Crippen molar-refractivity contribution < 1.29 is 4.79 Å². The van der Waals surface area contributed by atoms with Crippen molar-refractivity contribution in [1.29, 1.82) is 0 Å². The summed E-state index contributed by atoms with van der Waals surface area (Å²) in [6.45, 7) is 4.71. The van der Waals surface area contributed by atoms with E-state index in [-0.39, 0.29) is 11.9 Å². The second-order valence-electron chi connectivity index (χ2n) is 6.07. The van der Waals surface area contributed by atoms with Gasteiger partial charge in [0.2, 0.25) is 0 Å². The molecule has 0 bridgehead atoms. The van der Waals surface area contributed by atoms with Gasteiger partial charge in [0.05, 0.1) is 0 Å². The SMILES string of the molecule is CC[C@@H](Cc1ccc(C)cc1)N(C)C(=O)c1ccc(CN)cc1. The lowest BCUT2D eigenvalue weighted by Gasteiger charge is -2.27. The largest absolute Gasteiger partial charge is 0.338 e. The Kier molecular flexibility index (Phi) is 5.94. The van der Waals surface area contributed by atoms with Crippen molar-refractivity contribution in [2.45, 2.75) is 39.3 Å². The summed E-state index contributed by atoms with van der Waals surface area (Å²) < 4.78 is 0. The first-order valence-electron chi connectivity index (χ1n) is 8.16. The molecular formula is C20H26N2O. The van der Waals surface area contributed by atoms with Crippen LogP contribution in [-0.4, -0.2) is 23.9 Å². The van der Waals surface area contributed by atoms with Crippen LogP contribution in [0.15, 0.2) is 48.5 Å². The molecule has 3 nitrogen and oxygen atoms in total. The van der Waals surface area contributed by atoms with E-state index >= 15 is 0 Å². The standard InChI is InChI=1S/C20H26N2O/c1-4-19(13-16-7-5-15(2)6-8-16)22(3)20(23)18-11-9-17(14-21)10-12-18/h5-12,19H,4,13-14,21H2,1-3H3/t19-/m0/s1. The minimum absolute atomic E-state index is 0.0625. The topological polar surface area (TPSA) is 46.3 Å². The molecule has 0 aromatic heterocycles. The van der Waals surface area contributed by atoms with Crippen molar-refractivity contribution >= 4 is 5.91 Å². The zero-order chi connectivity index (χ0) is 16.8. The lowest BCUT2D eigenvalue weighted by molar-refractivity contribution is 0.0727. The highest BCUT2D eigenvalue weighted by Gasteiger charge is 2.20. The molecule has 1 atom stereocenters. The Morgan fingerprint density at radius 2 is 1.61 bits per heavy atom. The highest BCUT2D eigenvalue weighted by Crippen LogP contribution is 2.15. The summed E-state index contributed by atoms with van der Waals surface area (Å²) in [4.78, 5) is 14.5. The molecule has 23 heavy (non-hydrogen) atoms. The first-order valence-corrected chi connectivity index (χ1v) is 8.16. The van der Waals surface area contributed by atoms with Crippen molar-refractivity contribution in [3.63, 3.8) is 0 Å². The van der Waals surface area contributed by atoms with E-state index < -0.39 is 0 Å². The molecule has 0 aliphatic heterocycles. The number of aryl methyl sites for hydroxylation is 1. The molecule has 122 valence electrons. The molecule has 3 heteroatoms. The number of nitrogens with zero attached hydrogens (tertiary/aromatic N) is 1. The number of carbonyl (C=O) groups excluding carboxylic acids is 1. The van der Waals surface area contributed by atoms with E-state index in [1.165, 1.54) is 11.1 Å². The highest BCUT2D eigenvalue weighted by atomic mass is 16.2. The predicted molar refractivity (Wildman–Crippen MR) is 95.4 cm³/mol. The maximum Gasteiger partial charge on any atom is 0.253 e. The van der Waals surface area contributed by atoms with Crippen molar-refractivity contribution in [1.82, 2.24) is 4.90 Å². The molecule has 2 aromatic rings. The van der Waals surface area contributed by atoms with Gasteiger partial charge in [-0.1, -0.05) is 48.9 Å². The summed E-state index contributed by atoms with van der Waals surface area (Å²) in [7, 11) is 1.89. The van der Waals surface area contributed by atoms with Gasteiger partial charge in [0.1, 0.15) is 0 Å². The zero-order valence-electron chi connectivity index (χ0n) is 14.3. The molecule has 0 fully saturated rings. The Bertz CT molecular complexity index is 632. The average Bonchev–Trinajstić information content (AvgIpc) is 2.60. The van der Waals surface area contributed by atoms with Crippen molar-refractivity contribution in [3.8, 4) is 0 Å². The molecule has 2 aromatic carbocycles. The van der Waals surface area contributed by atoms with E-state index in [0.29, 0.717) is 12.1 Å². The monoisotopic (exact) mass is 310 g/mol. The van der Waals surface area contributed by atoms with Gasteiger partial charge in [0.15, 0.2) is 0 Å². The summed E-state index contributed by atoms with van der Waals surface area (Å²) in [5, 5.41) is 0. The summed E-state index contributed by atoms with van der Waals surface area (Å²) in [5.41, 5.74) is 9.88. The number of nitrogens with two attached hydrogens (primary N) is 1. The zero-order valence-corrected chi connectivity index (χ0v) is 14.3. The Morgan fingerprint density at radius 3 is 2.13 bits per heavy atom. The van der Waals surface area contributed by atoms with E-state index in [4.69, 9.17) is 5.73 Å². The van der Waals surface area contributed by atoms with Crippen LogP contribution in [0, 0.1) is 6.92 Å². The fourth-order valence-electron chi connectivity index (χ4n) is 2.70. The number of carbonyl (C=O) groups is 1. The third-order valence-corrected chi connectivity index (χ3v) is 4.37. The third kappa shape index (κ3) is 4.42. The number of benzene rings is 2.